The Balaban J connectivity index is 1.81. The van der Waals surface area contributed by atoms with Gasteiger partial charge in [0.2, 0.25) is 5.91 Å². The van der Waals surface area contributed by atoms with Crippen molar-refractivity contribution in [3.63, 3.8) is 0 Å². The van der Waals surface area contributed by atoms with Crippen molar-refractivity contribution < 1.29 is 9.53 Å². The van der Waals surface area contributed by atoms with Crippen LogP contribution in [0.15, 0.2) is 30.5 Å². The predicted octanol–water partition coefficient (Wildman–Crippen LogP) is 3.70. The molecule has 1 amide bonds. The first-order chi connectivity index (χ1) is 12.4. The summed E-state index contributed by atoms with van der Waals surface area (Å²) in [6, 6.07) is 8.67. The number of nitrogens with one attached hydrogen (secondary N) is 1. The van der Waals surface area contributed by atoms with Crippen LogP contribution in [-0.4, -0.2) is 29.4 Å². The van der Waals surface area contributed by atoms with Gasteiger partial charge in [-0.3, -0.25) is 4.79 Å². The summed E-state index contributed by atoms with van der Waals surface area (Å²) in [6.45, 7) is 7.10. The Morgan fingerprint density at radius 1 is 1.31 bits per heavy atom. The largest absolute Gasteiger partial charge is 0.384 e. The number of carbonyl (C=O) groups is 1. The summed E-state index contributed by atoms with van der Waals surface area (Å²) >= 11 is 0. The molecule has 3 rings (SSSR count). The van der Waals surface area contributed by atoms with E-state index in [1.807, 2.05) is 10.9 Å². The first-order valence-corrected chi connectivity index (χ1v) is 9.36. The lowest BCUT2D eigenvalue weighted by Gasteiger charge is -2.24. The van der Waals surface area contributed by atoms with Crippen molar-refractivity contribution in [3.05, 3.63) is 47.3 Å². The van der Waals surface area contributed by atoms with E-state index >= 15 is 0 Å². The van der Waals surface area contributed by atoms with Gasteiger partial charge in [0.25, 0.3) is 0 Å². The number of hydrogen-bond donors (Lipinski definition) is 1. The molecule has 0 spiro atoms. The maximum Gasteiger partial charge on any atom is 0.222 e. The molecule has 140 valence electrons. The first kappa shape index (κ1) is 18.6. The third-order valence-corrected chi connectivity index (χ3v) is 5.03. The number of carbonyl (C=O) groups excluding carboxylic acids is 1. The molecule has 0 saturated carbocycles. The number of nitrogens with zero attached hydrogens (tertiary/aromatic N) is 2. The number of hydrogen-bond acceptors (Lipinski definition) is 3. The van der Waals surface area contributed by atoms with Crippen molar-refractivity contribution in [2.75, 3.05) is 13.7 Å². The summed E-state index contributed by atoms with van der Waals surface area (Å²) in [5, 5.41) is 7.75. The molecule has 0 unspecified atom stereocenters. The van der Waals surface area contributed by atoms with Crippen molar-refractivity contribution >= 4 is 5.91 Å². The van der Waals surface area contributed by atoms with Crippen LogP contribution in [0.5, 0.6) is 0 Å². The molecule has 1 atom stereocenters. The molecule has 1 aromatic carbocycles. The highest BCUT2D eigenvalue weighted by molar-refractivity contribution is 5.76. The quantitative estimate of drug-likeness (QED) is 0.890. The predicted molar refractivity (Wildman–Crippen MR) is 103 cm³/mol. The van der Waals surface area contributed by atoms with Crippen LogP contribution in [0.1, 0.15) is 62.9 Å². The molecule has 5 nitrogen and oxygen atoms in total. The zero-order chi connectivity index (χ0) is 18.7. The second-order valence-corrected chi connectivity index (χ2v) is 8.01. The number of benzene rings is 1. The fraction of sp³-hybridized carbons (Fsp3) is 0.524. The van der Waals surface area contributed by atoms with E-state index in [1.54, 1.807) is 7.11 Å². The topological polar surface area (TPSA) is 56.1 Å². The second kappa shape index (κ2) is 7.62. The van der Waals surface area contributed by atoms with Crippen LogP contribution in [0, 0.1) is 0 Å². The van der Waals surface area contributed by atoms with Crippen LogP contribution in [-0.2, 0) is 21.4 Å². The molecule has 26 heavy (non-hydrogen) atoms. The molecule has 0 saturated heterocycles. The summed E-state index contributed by atoms with van der Waals surface area (Å²) in [6.07, 6.45) is 5.30. The molecule has 0 bridgehead atoms. The fourth-order valence-corrected chi connectivity index (χ4v) is 3.49. The van der Waals surface area contributed by atoms with Gasteiger partial charge in [0, 0.05) is 24.8 Å². The van der Waals surface area contributed by atoms with Crippen LogP contribution in [0.2, 0.25) is 0 Å². The normalized spacial score (nSPS) is 17.0. The lowest BCUT2D eigenvalue weighted by Crippen LogP contribution is -2.31. The minimum Gasteiger partial charge on any atom is -0.384 e. The molecule has 0 radical (unpaired) electrons. The van der Waals surface area contributed by atoms with Gasteiger partial charge >= 0.3 is 0 Å². The van der Waals surface area contributed by atoms with E-state index in [4.69, 9.17) is 4.74 Å². The third kappa shape index (κ3) is 3.98. The van der Waals surface area contributed by atoms with E-state index in [1.165, 1.54) is 11.3 Å². The van der Waals surface area contributed by atoms with Crippen molar-refractivity contribution in [1.29, 1.82) is 0 Å². The highest BCUT2D eigenvalue weighted by Crippen LogP contribution is 2.31. The minimum absolute atomic E-state index is 0.0342. The zero-order valence-electron chi connectivity index (χ0n) is 16.2. The Morgan fingerprint density at radius 3 is 2.69 bits per heavy atom. The zero-order valence-corrected chi connectivity index (χ0v) is 16.2. The monoisotopic (exact) mass is 355 g/mol. The van der Waals surface area contributed by atoms with E-state index in [-0.39, 0.29) is 17.4 Å². The van der Waals surface area contributed by atoms with E-state index in [2.05, 4.69) is 55.5 Å². The number of fused-ring (bicyclic) bond motifs is 1. The van der Waals surface area contributed by atoms with Gasteiger partial charge in [0.1, 0.15) is 0 Å². The summed E-state index contributed by atoms with van der Waals surface area (Å²) in [5.41, 5.74) is 4.87. The first-order valence-electron chi connectivity index (χ1n) is 9.36. The standard InChI is InChI=1S/C21H29N3O2/c1-21(2,3)15-8-10-16(11-9-15)24-19-7-5-6-18(17(19)14-22-24)23-20(25)12-13-26-4/h8-11,14,18H,5-7,12-13H2,1-4H3,(H,23,25)/t18-/m1/s1. The average Bonchev–Trinajstić information content (AvgIpc) is 3.04. The lowest BCUT2D eigenvalue weighted by atomic mass is 9.87. The van der Waals surface area contributed by atoms with E-state index in [0.29, 0.717) is 13.0 Å². The molecule has 0 aliphatic heterocycles. The van der Waals surface area contributed by atoms with Gasteiger partial charge in [-0.15, -0.1) is 0 Å². The molecule has 1 aromatic heterocycles. The van der Waals surface area contributed by atoms with Crippen LogP contribution in [0.3, 0.4) is 0 Å². The van der Waals surface area contributed by atoms with Gasteiger partial charge in [-0.1, -0.05) is 32.9 Å². The number of rotatable bonds is 5. The summed E-state index contributed by atoms with van der Waals surface area (Å²) in [7, 11) is 1.61. The van der Waals surface area contributed by atoms with Crippen LogP contribution < -0.4 is 5.32 Å². The van der Waals surface area contributed by atoms with Crippen molar-refractivity contribution in [1.82, 2.24) is 15.1 Å². The Hall–Kier alpha value is -2.14. The molecule has 1 heterocycles. The van der Waals surface area contributed by atoms with Crippen molar-refractivity contribution in [2.24, 2.45) is 0 Å². The highest BCUT2D eigenvalue weighted by Gasteiger charge is 2.26. The minimum atomic E-state index is 0.0342. The maximum absolute atomic E-state index is 12.1. The molecule has 1 N–H and O–H groups in total. The van der Waals surface area contributed by atoms with Crippen molar-refractivity contribution in [3.8, 4) is 5.69 Å². The Labute approximate surface area is 155 Å². The molecule has 1 aliphatic carbocycles. The van der Waals surface area contributed by atoms with Crippen molar-refractivity contribution in [2.45, 2.75) is 57.9 Å². The molecule has 1 aliphatic rings. The number of amides is 1. The van der Waals surface area contributed by atoms with Gasteiger partial charge in [-0.05, 0) is 42.4 Å². The Bertz CT molecular complexity index is 757. The third-order valence-electron chi connectivity index (χ3n) is 5.03. The van der Waals surface area contributed by atoms with Gasteiger partial charge in [0.15, 0.2) is 0 Å². The van der Waals surface area contributed by atoms with Crippen LogP contribution in [0.4, 0.5) is 0 Å². The van der Waals surface area contributed by atoms with E-state index in [0.717, 1.165) is 30.5 Å². The summed E-state index contributed by atoms with van der Waals surface area (Å²) < 4.78 is 7.01. The fourth-order valence-electron chi connectivity index (χ4n) is 3.49. The maximum atomic E-state index is 12.1. The van der Waals surface area contributed by atoms with Gasteiger partial charge in [-0.2, -0.15) is 5.10 Å². The van der Waals surface area contributed by atoms with E-state index in [9.17, 15) is 4.79 Å². The summed E-state index contributed by atoms with van der Waals surface area (Å²) in [4.78, 5) is 12.1. The second-order valence-electron chi connectivity index (χ2n) is 8.01. The summed E-state index contributed by atoms with van der Waals surface area (Å²) in [5.74, 6) is 0.0342. The van der Waals surface area contributed by atoms with Gasteiger partial charge < -0.3 is 10.1 Å². The van der Waals surface area contributed by atoms with Gasteiger partial charge in [0.05, 0.1) is 24.5 Å². The Morgan fingerprint density at radius 2 is 2.04 bits per heavy atom. The number of aromatic nitrogens is 2. The SMILES string of the molecule is COCCC(=O)N[C@@H]1CCCc2c1cnn2-c1ccc(C(C)(C)C)cc1. The lowest BCUT2D eigenvalue weighted by molar-refractivity contribution is -0.122. The van der Waals surface area contributed by atoms with Gasteiger partial charge in [-0.25, -0.2) is 4.68 Å². The molecule has 0 fully saturated rings. The molecular formula is C21H29N3O2. The average molecular weight is 355 g/mol. The molecular weight excluding hydrogens is 326 g/mol. The number of ether oxygens (including phenoxy) is 1. The van der Waals surface area contributed by atoms with Crippen LogP contribution in [0.25, 0.3) is 5.69 Å². The van der Waals surface area contributed by atoms with Crippen LogP contribution >= 0.6 is 0 Å². The number of methoxy groups -OCH3 is 1. The smallest absolute Gasteiger partial charge is 0.222 e. The highest BCUT2D eigenvalue weighted by atomic mass is 16.5. The Kier molecular flexibility index (Phi) is 5.47. The molecule has 5 heteroatoms. The molecule has 2 aromatic rings. The van der Waals surface area contributed by atoms with E-state index < -0.39 is 0 Å².